The molecule has 2 N–H and O–H groups in total. The fourth-order valence-corrected chi connectivity index (χ4v) is 13.0. The summed E-state index contributed by atoms with van der Waals surface area (Å²) in [4.78, 5) is 54.1. The number of aliphatic hydroxyl groups is 1. The standard InChI is InChI=1S/C48H65N5O8/c1-11-45(61-43(56)50(6)7)21-22-47(42(55)59-10,38-32(19-25-52(13-3)29-45)31-17-14-15-18-35(31)49-38)34-27-33-36(28-37(34)58-9)51(8)39-44(5,57)41(60-30(4)54)46(12-2)20-16-24-53-26-23-48(33,39)40(46)53/h14-18,20,27-28,39-41,49,57H,11-13,19,21-26,29H2,1-10H3/t39?,40-,41-,44-,45?,46+,47-,48-/m0/s1. The molecular weight excluding hydrogens is 775 g/mol. The van der Waals surface area contributed by atoms with E-state index in [0.717, 1.165) is 59.5 Å². The van der Waals surface area contributed by atoms with Gasteiger partial charge in [0.1, 0.15) is 28.5 Å². The maximum Gasteiger partial charge on any atom is 0.409 e. The van der Waals surface area contributed by atoms with E-state index in [1.807, 2.05) is 45.2 Å². The van der Waals surface area contributed by atoms with Gasteiger partial charge in [-0.05, 0) is 81.8 Å². The van der Waals surface area contributed by atoms with Crippen molar-refractivity contribution in [2.75, 3.05) is 73.0 Å². The van der Waals surface area contributed by atoms with Crippen LogP contribution in [-0.2, 0) is 41.1 Å². The van der Waals surface area contributed by atoms with Gasteiger partial charge >= 0.3 is 18.0 Å². The molecule has 8 atom stereocenters. The first-order valence-electron chi connectivity index (χ1n) is 22.1. The van der Waals surface area contributed by atoms with Crippen molar-refractivity contribution in [3.05, 3.63) is 70.9 Å². The zero-order valence-electron chi connectivity index (χ0n) is 37.7. The maximum absolute atomic E-state index is 15.4. The summed E-state index contributed by atoms with van der Waals surface area (Å²) in [5.41, 5.74) is 0.0286. The lowest BCUT2D eigenvalue weighted by molar-refractivity contribution is -0.213. The number of aromatic nitrogens is 1. The Morgan fingerprint density at radius 2 is 1.74 bits per heavy atom. The first kappa shape index (κ1) is 43.1. The summed E-state index contributed by atoms with van der Waals surface area (Å²) in [6, 6.07) is 11.8. The highest BCUT2D eigenvalue weighted by molar-refractivity contribution is 5.94. The Morgan fingerprint density at radius 1 is 0.984 bits per heavy atom. The summed E-state index contributed by atoms with van der Waals surface area (Å²) < 4.78 is 25.2. The van der Waals surface area contributed by atoms with Crippen molar-refractivity contribution in [3.63, 3.8) is 0 Å². The number of nitrogens with one attached hydrogen (secondary N) is 1. The fraction of sp³-hybridized carbons (Fsp3) is 0.604. The second-order valence-electron chi connectivity index (χ2n) is 18.7. The summed E-state index contributed by atoms with van der Waals surface area (Å²) in [5.74, 6) is -0.368. The van der Waals surface area contributed by atoms with Gasteiger partial charge in [-0.25, -0.2) is 4.79 Å². The summed E-state index contributed by atoms with van der Waals surface area (Å²) >= 11 is 0. The Labute approximate surface area is 360 Å². The van der Waals surface area contributed by atoms with E-state index in [1.54, 1.807) is 21.2 Å². The second kappa shape index (κ2) is 15.3. The van der Waals surface area contributed by atoms with Crippen LogP contribution in [0, 0.1) is 5.41 Å². The number of anilines is 1. The zero-order chi connectivity index (χ0) is 43.9. The molecule has 1 saturated heterocycles. The van der Waals surface area contributed by atoms with Gasteiger partial charge in [-0.15, -0.1) is 0 Å². The van der Waals surface area contributed by atoms with E-state index in [0.29, 0.717) is 50.1 Å². The van der Waals surface area contributed by atoms with Gasteiger partial charge in [-0.3, -0.25) is 19.4 Å². The molecule has 61 heavy (non-hydrogen) atoms. The van der Waals surface area contributed by atoms with Gasteiger partial charge in [0.25, 0.3) is 0 Å². The average molecular weight is 840 g/mol. The van der Waals surface area contributed by atoms with E-state index in [2.05, 4.69) is 57.8 Å². The van der Waals surface area contributed by atoms with Crippen LogP contribution in [0.5, 0.6) is 5.75 Å². The first-order chi connectivity index (χ1) is 29.0. The third-order valence-corrected chi connectivity index (χ3v) is 15.6. The molecule has 1 spiro atoms. The Balaban J connectivity index is 1.44. The van der Waals surface area contributed by atoms with Crippen molar-refractivity contribution >= 4 is 34.6 Å². The Morgan fingerprint density at radius 3 is 2.39 bits per heavy atom. The lowest BCUT2D eigenvalue weighted by Crippen LogP contribution is -2.78. The summed E-state index contributed by atoms with van der Waals surface area (Å²) in [6.07, 6.45) is 6.23. The van der Waals surface area contributed by atoms with Crippen LogP contribution in [0.2, 0.25) is 0 Å². The number of fused-ring (bicyclic) bond motifs is 4. The number of likely N-dealkylation sites (N-methyl/N-ethyl adjacent to an activating group) is 2. The Hall–Kier alpha value is -4.59. The van der Waals surface area contributed by atoms with Crippen molar-refractivity contribution < 1.29 is 38.4 Å². The number of para-hydroxylation sites is 1. The van der Waals surface area contributed by atoms with Crippen molar-refractivity contribution in [1.82, 2.24) is 19.7 Å². The molecule has 0 radical (unpaired) electrons. The molecule has 3 aromatic rings. The molecule has 13 nitrogen and oxygen atoms in total. The normalized spacial score (nSPS) is 33.3. The van der Waals surface area contributed by atoms with E-state index in [4.69, 9.17) is 18.9 Å². The van der Waals surface area contributed by atoms with Crippen LogP contribution in [0.4, 0.5) is 10.5 Å². The number of aromatic amines is 1. The molecule has 1 saturated carbocycles. The van der Waals surface area contributed by atoms with Crippen molar-refractivity contribution in [2.24, 2.45) is 5.41 Å². The molecule has 4 aliphatic heterocycles. The molecule has 8 rings (SSSR count). The fourth-order valence-electron chi connectivity index (χ4n) is 13.0. The zero-order valence-corrected chi connectivity index (χ0v) is 37.7. The maximum atomic E-state index is 15.4. The number of benzene rings is 2. The minimum absolute atomic E-state index is 0.130. The highest BCUT2D eigenvalue weighted by Gasteiger charge is 2.77. The third kappa shape index (κ3) is 6.07. The predicted octanol–water partition coefficient (Wildman–Crippen LogP) is 5.93. The number of carbonyl (C=O) groups excluding carboxylic acids is 3. The first-order valence-corrected chi connectivity index (χ1v) is 22.1. The van der Waals surface area contributed by atoms with Crippen LogP contribution < -0.4 is 9.64 Å². The minimum Gasteiger partial charge on any atom is -0.496 e. The predicted molar refractivity (Wildman–Crippen MR) is 234 cm³/mol. The van der Waals surface area contributed by atoms with E-state index in [1.165, 1.54) is 18.9 Å². The van der Waals surface area contributed by atoms with Gasteiger partial charge in [0, 0.05) is 98.5 Å². The number of hydrogen-bond donors (Lipinski definition) is 2. The summed E-state index contributed by atoms with van der Waals surface area (Å²) in [5, 5.41) is 14.1. The van der Waals surface area contributed by atoms with Crippen molar-refractivity contribution in [3.8, 4) is 5.75 Å². The van der Waals surface area contributed by atoms with Crippen LogP contribution in [0.1, 0.15) is 89.1 Å². The second-order valence-corrected chi connectivity index (χ2v) is 18.7. The van der Waals surface area contributed by atoms with Crippen molar-refractivity contribution in [2.45, 2.75) is 113 Å². The average Bonchev–Trinajstić information content (AvgIpc) is 3.90. The Kier molecular flexibility index (Phi) is 10.8. The van der Waals surface area contributed by atoms with E-state index >= 15 is 4.79 Å². The lowest BCUT2D eigenvalue weighted by atomic mass is 9.48. The number of H-pyrrole nitrogens is 1. The quantitative estimate of drug-likeness (QED) is 0.159. The third-order valence-electron chi connectivity index (χ3n) is 15.6. The molecule has 0 bridgehead atoms. The van der Waals surface area contributed by atoms with Gasteiger partial charge in [0.05, 0.1) is 20.3 Å². The topological polar surface area (TPSA) is 137 Å². The highest BCUT2D eigenvalue weighted by Crippen LogP contribution is 2.68. The van der Waals surface area contributed by atoms with Crippen LogP contribution in [0.25, 0.3) is 10.9 Å². The Bertz CT molecular complexity index is 2250. The number of nitrogens with zero attached hydrogens (tertiary/aromatic N) is 4. The molecule has 5 aliphatic rings. The van der Waals surface area contributed by atoms with E-state index in [-0.39, 0.29) is 12.5 Å². The highest BCUT2D eigenvalue weighted by atomic mass is 16.6. The largest absolute Gasteiger partial charge is 0.496 e. The van der Waals surface area contributed by atoms with Crippen LogP contribution in [0.3, 0.4) is 0 Å². The lowest BCUT2D eigenvalue weighted by Gasteiger charge is -2.64. The summed E-state index contributed by atoms with van der Waals surface area (Å²) in [6.45, 7) is 13.0. The van der Waals surface area contributed by atoms with E-state index < -0.39 is 57.6 Å². The molecule has 2 unspecified atom stereocenters. The minimum atomic E-state index is -1.49. The number of esters is 2. The number of amides is 1. The number of ether oxygens (including phenoxy) is 4. The molecule has 5 heterocycles. The molecule has 2 fully saturated rings. The SMILES string of the molecule is CCN1CCc2c([nH]c3ccccc23)[C@@](C(=O)OC)(c2cc3c(cc2OC)N(C)C2[C@](C)(O)[C@H](OC(C)=O)[C@]4(CC)C=CCN5CC[C@]32[C@@H]54)CCC(CC)(OC(=O)N(C)C)C1. The molecule has 2 aromatic carbocycles. The number of rotatable bonds is 8. The smallest absolute Gasteiger partial charge is 0.409 e. The van der Waals surface area contributed by atoms with E-state index in [9.17, 15) is 14.7 Å². The summed E-state index contributed by atoms with van der Waals surface area (Å²) in [7, 11) is 8.47. The van der Waals surface area contributed by atoms with Crippen molar-refractivity contribution in [1.29, 1.82) is 0 Å². The van der Waals surface area contributed by atoms with Crippen LogP contribution >= 0.6 is 0 Å². The number of hydrogen-bond acceptors (Lipinski definition) is 11. The monoisotopic (exact) mass is 839 g/mol. The molecule has 330 valence electrons. The molecule has 1 amide bonds. The number of methoxy groups -OCH3 is 2. The molecule has 1 aliphatic carbocycles. The van der Waals surface area contributed by atoms with Gasteiger partial charge in [-0.1, -0.05) is 51.1 Å². The molecule has 13 heteroatoms. The van der Waals surface area contributed by atoms with Crippen LogP contribution in [0.15, 0.2) is 48.6 Å². The van der Waals surface area contributed by atoms with Gasteiger partial charge in [-0.2, -0.15) is 0 Å². The molecule has 1 aromatic heterocycles. The van der Waals surface area contributed by atoms with Gasteiger partial charge in [0.15, 0.2) is 0 Å². The van der Waals surface area contributed by atoms with Crippen LogP contribution in [-0.4, -0.2) is 140 Å². The van der Waals surface area contributed by atoms with Gasteiger partial charge < -0.3 is 38.8 Å². The van der Waals surface area contributed by atoms with Gasteiger partial charge in [0.2, 0.25) is 0 Å². The number of carbonyl (C=O) groups is 3. The molecular formula is C48H65N5O8.